The van der Waals surface area contributed by atoms with Crippen LogP contribution in [0.4, 0.5) is 17.3 Å². The van der Waals surface area contributed by atoms with Crippen LogP contribution < -0.4 is 20.0 Å². The van der Waals surface area contributed by atoms with Gasteiger partial charge in [-0.1, -0.05) is 23.8 Å². The molecule has 1 aromatic heterocycles. The van der Waals surface area contributed by atoms with Gasteiger partial charge in [-0.2, -0.15) is 0 Å². The number of aromatic nitrogens is 1. The molecule has 5 rings (SSSR count). The zero-order chi connectivity index (χ0) is 19.1. The van der Waals surface area contributed by atoms with Crippen molar-refractivity contribution < 1.29 is 0 Å². The maximum absolute atomic E-state index is 5.13. The molecule has 0 spiro atoms. The summed E-state index contributed by atoms with van der Waals surface area (Å²) in [6.07, 6.45) is 3.64. The van der Waals surface area contributed by atoms with Crippen LogP contribution in [0.25, 0.3) is 0 Å². The summed E-state index contributed by atoms with van der Waals surface area (Å²) >= 11 is 0. The lowest BCUT2D eigenvalue weighted by Gasteiger charge is -2.42. The maximum Gasteiger partial charge on any atom is 0.134 e. The minimum Gasteiger partial charge on any atom is -0.368 e. The molecule has 1 aliphatic carbocycles. The highest BCUT2D eigenvalue weighted by Gasteiger charge is 2.36. The summed E-state index contributed by atoms with van der Waals surface area (Å²) in [5.74, 6) is 2.40. The molecule has 2 aromatic rings. The van der Waals surface area contributed by atoms with E-state index in [0.717, 1.165) is 45.0 Å². The van der Waals surface area contributed by atoms with Crippen LogP contribution in [0.3, 0.4) is 0 Å². The Kier molecular flexibility index (Phi) is 4.63. The van der Waals surface area contributed by atoms with Crippen molar-refractivity contribution in [2.75, 3.05) is 54.5 Å². The van der Waals surface area contributed by atoms with Crippen LogP contribution in [0.2, 0.25) is 0 Å². The molecule has 5 heteroatoms. The Labute approximate surface area is 168 Å². The molecule has 0 radical (unpaired) electrons. The maximum atomic E-state index is 5.13. The molecular weight excluding hydrogens is 346 g/mol. The summed E-state index contributed by atoms with van der Waals surface area (Å²) in [6, 6.07) is 14.8. The van der Waals surface area contributed by atoms with E-state index in [-0.39, 0.29) is 0 Å². The number of nitrogens with one attached hydrogen (secondary N) is 1. The fourth-order valence-corrected chi connectivity index (χ4v) is 4.82. The lowest BCUT2D eigenvalue weighted by molar-refractivity contribution is 0.294. The number of benzene rings is 1. The van der Waals surface area contributed by atoms with Gasteiger partial charge in [0.2, 0.25) is 0 Å². The quantitative estimate of drug-likeness (QED) is 0.886. The summed E-state index contributed by atoms with van der Waals surface area (Å²) in [4.78, 5) is 12.6. The van der Waals surface area contributed by atoms with E-state index >= 15 is 0 Å². The summed E-state index contributed by atoms with van der Waals surface area (Å²) in [7, 11) is 2.07. The molecule has 0 atom stereocenters. The van der Waals surface area contributed by atoms with Crippen molar-refractivity contribution in [1.29, 1.82) is 0 Å². The van der Waals surface area contributed by atoms with E-state index < -0.39 is 0 Å². The van der Waals surface area contributed by atoms with Gasteiger partial charge in [-0.15, -0.1) is 0 Å². The first-order valence-corrected chi connectivity index (χ1v) is 10.7. The van der Waals surface area contributed by atoms with E-state index in [1.54, 1.807) is 0 Å². The molecule has 0 amide bonds. The molecular formula is C23H31N5. The first-order chi connectivity index (χ1) is 13.7. The van der Waals surface area contributed by atoms with E-state index in [0.29, 0.717) is 12.1 Å². The topological polar surface area (TPSA) is 34.6 Å². The van der Waals surface area contributed by atoms with Crippen molar-refractivity contribution >= 4 is 17.3 Å². The standard InChI is InChI=1S/C23H31N5/c1-17-3-6-20(7-4-17)26-11-13-27(14-12-26)22-8-5-18-9-10-28(23(18)25-22)21-15-19(16-21)24-2/h3-8,19,21,24H,9-16H2,1-2H3. The lowest BCUT2D eigenvalue weighted by Crippen LogP contribution is -2.51. The third kappa shape index (κ3) is 3.22. The smallest absolute Gasteiger partial charge is 0.134 e. The van der Waals surface area contributed by atoms with Crippen molar-refractivity contribution in [2.45, 2.75) is 38.3 Å². The summed E-state index contributed by atoms with van der Waals surface area (Å²) < 4.78 is 0. The van der Waals surface area contributed by atoms with Crippen LogP contribution >= 0.6 is 0 Å². The molecule has 0 unspecified atom stereocenters. The largest absolute Gasteiger partial charge is 0.368 e. The van der Waals surface area contributed by atoms with Crippen molar-refractivity contribution in [3.8, 4) is 0 Å². The highest BCUT2D eigenvalue weighted by Crippen LogP contribution is 2.36. The van der Waals surface area contributed by atoms with Gasteiger partial charge in [-0.3, -0.25) is 0 Å². The number of hydrogen-bond donors (Lipinski definition) is 1. The second-order valence-corrected chi connectivity index (χ2v) is 8.52. The predicted octanol–water partition coefficient (Wildman–Crippen LogP) is 2.83. The minimum atomic E-state index is 0.667. The van der Waals surface area contributed by atoms with Gasteiger partial charge in [0, 0.05) is 50.5 Å². The van der Waals surface area contributed by atoms with E-state index in [4.69, 9.17) is 4.98 Å². The molecule has 28 heavy (non-hydrogen) atoms. The van der Waals surface area contributed by atoms with Gasteiger partial charge < -0.3 is 20.0 Å². The van der Waals surface area contributed by atoms with Crippen LogP contribution in [-0.4, -0.2) is 56.8 Å². The number of aryl methyl sites for hydroxylation is 1. The number of pyridine rings is 1. The highest BCUT2D eigenvalue weighted by atomic mass is 15.3. The first kappa shape index (κ1) is 17.8. The van der Waals surface area contributed by atoms with Crippen molar-refractivity contribution in [2.24, 2.45) is 0 Å². The SMILES string of the molecule is CNC1CC(N2CCc3ccc(N4CCN(c5ccc(C)cc5)CC4)nc32)C1. The minimum absolute atomic E-state index is 0.667. The molecule has 1 aromatic carbocycles. The molecule has 148 valence electrons. The van der Waals surface area contributed by atoms with E-state index in [2.05, 4.69) is 70.4 Å². The lowest BCUT2D eigenvalue weighted by atomic mass is 9.86. The Morgan fingerprint density at radius 2 is 1.61 bits per heavy atom. The van der Waals surface area contributed by atoms with Crippen LogP contribution in [0, 0.1) is 6.92 Å². The molecule has 2 fully saturated rings. The van der Waals surface area contributed by atoms with Crippen molar-refractivity contribution in [3.05, 3.63) is 47.5 Å². The van der Waals surface area contributed by atoms with Crippen LogP contribution in [-0.2, 0) is 6.42 Å². The monoisotopic (exact) mass is 377 g/mol. The first-order valence-electron chi connectivity index (χ1n) is 10.7. The third-order valence-electron chi connectivity index (χ3n) is 6.80. The van der Waals surface area contributed by atoms with Crippen LogP contribution in [0.15, 0.2) is 36.4 Å². The molecule has 3 heterocycles. The zero-order valence-corrected chi connectivity index (χ0v) is 17.1. The van der Waals surface area contributed by atoms with E-state index in [1.807, 2.05) is 0 Å². The van der Waals surface area contributed by atoms with Gasteiger partial charge in [-0.05, 0) is 57.0 Å². The average molecular weight is 378 g/mol. The fourth-order valence-electron chi connectivity index (χ4n) is 4.82. The molecule has 2 aliphatic heterocycles. The van der Waals surface area contributed by atoms with Gasteiger partial charge in [0.25, 0.3) is 0 Å². The van der Waals surface area contributed by atoms with E-state index in [9.17, 15) is 0 Å². The Bertz CT molecular complexity index is 819. The molecule has 3 aliphatic rings. The summed E-state index contributed by atoms with van der Waals surface area (Å²) in [5, 5.41) is 3.40. The van der Waals surface area contributed by atoms with Crippen molar-refractivity contribution in [1.82, 2.24) is 10.3 Å². The third-order valence-corrected chi connectivity index (χ3v) is 6.80. The Morgan fingerprint density at radius 1 is 0.893 bits per heavy atom. The second kappa shape index (κ2) is 7.28. The Balaban J connectivity index is 1.26. The number of anilines is 3. The Morgan fingerprint density at radius 3 is 2.32 bits per heavy atom. The number of nitrogens with zero attached hydrogens (tertiary/aromatic N) is 4. The number of hydrogen-bond acceptors (Lipinski definition) is 5. The molecule has 1 saturated carbocycles. The second-order valence-electron chi connectivity index (χ2n) is 8.52. The summed E-state index contributed by atoms with van der Waals surface area (Å²) in [5.41, 5.74) is 4.08. The molecule has 0 bridgehead atoms. The number of piperazine rings is 1. The van der Waals surface area contributed by atoms with Crippen LogP contribution in [0.1, 0.15) is 24.0 Å². The number of fused-ring (bicyclic) bond motifs is 1. The summed E-state index contributed by atoms with van der Waals surface area (Å²) in [6.45, 7) is 7.45. The normalized spacial score (nSPS) is 24.3. The highest BCUT2D eigenvalue weighted by molar-refractivity contribution is 5.59. The molecule has 1 N–H and O–H groups in total. The molecule has 1 saturated heterocycles. The van der Waals surface area contributed by atoms with Crippen LogP contribution in [0.5, 0.6) is 0 Å². The fraction of sp³-hybridized carbons (Fsp3) is 0.522. The van der Waals surface area contributed by atoms with Gasteiger partial charge in [0.1, 0.15) is 11.6 Å². The zero-order valence-electron chi connectivity index (χ0n) is 17.1. The molecule has 5 nitrogen and oxygen atoms in total. The van der Waals surface area contributed by atoms with Gasteiger partial charge in [-0.25, -0.2) is 4.98 Å². The predicted molar refractivity (Wildman–Crippen MR) is 117 cm³/mol. The van der Waals surface area contributed by atoms with E-state index in [1.165, 1.54) is 35.5 Å². The number of rotatable bonds is 4. The van der Waals surface area contributed by atoms with Gasteiger partial charge in [0.05, 0.1) is 0 Å². The van der Waals surface area contributed by atoms with Gasteiger partial charge in [0.15, 0.2) is 0 Å². The average Bonchev–Trinajstić information content (AvgIpc) is 3.11. The van der Waals surface area contributed by atoms with Gasteiger partial charge >= 0.3 is 0 Å². The van der Waals surface area contributed by atoms with Crippen molar-refractivity contribution in [3.63, 3.8) is 0 Å². The Hall–Kier alpha value is -2.27.